The first-order valence-corrected chi connectivity index (χ1v) is 7.48. The van der Waals surface area contributed by atoms with E-state index in [2.05, 4.69) is 10.3 Å². The molecule has 1 heterocycles. The Morgan fingerprint density at radius 1 is 1.13 bits per heavy atom. The van der Waals surface area contributed by atoms with E-state index in [-0.39, 0.29) is 5.97 Å². The fourth-order valence-corrected chi connectivity index (χ4v) is 2.62. The third kappa shape index (κ3) is 2.85. The number of carbonyl (C=O) groups is 1. The zero-order chi connectivity index (χ0) is 16.4. The van der Waals surface area contributed by atoms with Gasteiger partial charge in [-0.05, 0) is 42.8 Å². The Morgan fingerprint density at radius 3 is 2.70 bits per heavy atom. The highest BCUT2D eigenvalue weighted by Crippen LogP contribution is 2.31. The molecule has 3 rings (SSSR count). The molecule has 0 unspecified atom stereocenters. The van der Waals surface area contributed by atoms with Crippen molar-refractivity contribution in [2.75, 3.05) is 12.4 Å². The molecule has 23 heavy (non-hydrogen) atoms. The normalized spacial score (nSPS) is 10.6. The summed E-state index contributed by atoms with van der Waals surface area (Å²) >= 11 is 6.16. The fraction of sp³-hybridized carbons (Fsp3) is 0.111. The van der Waals surface area contributed by atoms with Crippen molar-refractivity contribution < 1.29 is 9.53 Å². The predicted molar refractivity (Wildman–Crippen MR) is 92.6 cm³/mol. The molecule has 116 valence electrons. The van der Waals surface area contributed by atoms with Crippen molar-refractivity contribution in [3.8, 4) is 0 Å². The molecule has 2 aromatic carbocycles. The van der Waals surface area contributed by atoms with Crippen LogP contribution in [0, 0.1) is 6.92 Å². The van der Waals surface area contributed by atoms with Crippen LogP contribution in [0.1, 0.15) is 15.9 Å². The van der Waals surface area contributed by atoms with E-state index < -0.39 is 0 Å². The zero-order valence-electron chi connectivity index (χ0n) is 12.8. The number of fused-ring (bicyclic) bond motifs is 1. The molecule has 1 N–H and O–H groups in total. The number of nitrogens with one attached hydrogen (secondary N) is 1. The quantitative estimate of drug-likeness (QED) is 0.707. The van der Waals surface area contributed by atoms with Gasteiger partial charge >= 0.3 is 5.97 Å². The highest BCUT2D eigenvalue weighted by atomic mass is 35.5. The van der Waals surface area contributed by atoms with Gasteiger partial charge in [0.1, 0.15) is 0 Å². The number of aryl methyl sites for hydroxylation is 1. The molecule has 0 aliphatic rings. The highest BCUT2D eigenvalue weighted by molar-refractivity contribution is 6.32. The van der Waals surface area contributed by atoms with Crippen LogP contribution in [-0.2, 0) is 4.74 Å². The van der Waals surface area contributed by atoms with Gasteiger partial charge in [0.2, 0.25) is 0 Å². The number of ether oxygens (including phenoxy) is 1. The minimum Gasteiger partial charge on any atom is -0.465 e. The Labute approximate surface area is 139 Å². The van der Waals surface area contributed by atoms with Crippen LogP contribution in [0.4, 0.5) is 11.4 Å². The number of rotatable bonds is 3. The van der Waals surface area contributed by atoms with Crippen LogP contribution >= 0.6 is 11.6 Å². The van der Waals surface area contributed by atoms with Gasteiger partial charge in [0.15, 0.2) is 0 Å². The van der Waals surface area contributed by atoms with E-state index in [0.717, 1.165) is 22.2 Å². The van der Waals surface area contributed by atoms with Crippen LogP contribution in [0.2, 0.25) is 5.02 Å². The molecule has 0 atom stereocenters. The number of nitrogens with zero attached hydrogens (tertiary/aromatic N) is 1. The average molecular weight is 327 g/mol. The number of hydrogen-bond donors (Lipinski definition) is 1. The standard InChI is InChI=1S/C18H15ClN2O2/c1-11-14(19)8-7-12-16(9-10-20-17(11)12)21-15-6-4-3-5-13(15)18(22)23-2/h3-10H,1-2H3,(H,20,21). The first-order valence-electron chi connectivity index (χ1n) is 7.10. The number of anilines is 2. The van der Waals surface area contributed by atoms with Gasteiger partial charge in [-0.1, -0.05) is 23.7 Å². The zero-order valence-corrected chi connectivity index (χ0v) is 13.5. The lowest BCUT2D eigenvalue weighted by molar-refractivity contribution is 0.0602. The average Bonchev–Trinajstić information content (AvgIpc) is 2.58. The summed E-state index contributed by atoms with van der Waals surface area (Å²) in [5.74, 6) is -0.384. The minimum absolute atomic E-state index is 0.384. The number of hydrogen-bond acceptors (Lipinski definition) is 4. The maximum Gasteiger partial charge on any atom is 0.339 e. The number of carbonyl (C=O) groups excluding carboxylic acids is 1. The molecule has 1 aromatic heterocycles. The van der Waals surface area contributed by atoms with Gasteiger partial charge in [0, 0.05) is 22.3 Å². The molecule has 0 radical (unpaired) electrons. The SMILES string of the molecule is COC(=O)c1ccccc1Nc1ccnc2c(C)c(Cl)ccc12. The number of aromatic nitrogens is 1. The van der Waals surface area contributed by atoms with Gasteiger partial charge in [-0.3, -0.25) is 4.98 Å². The first kappa shape index (κ1) is 15.3. The first-order chi connectivity index (χ1) is 11.1. The van der Waals surface area contributed by atoms with E-state index in [9.17, 15) is 4.79 Å². The largest absolute Gasteiger partial charge is 0.465 e. The topological polar surface area (TPSA) is 51.2 Å². The van der Waals surface area contributed by atoms with E-state index in [4.69, 9.17) is 16.3 Å². The predicted octanol–water partition coefficient (Wildman–Crippen LogP) is 4.73. The van der Waals surface area contributed by atoms with E-state index in [0.29, 0.717) is 16.3 Å². The molecule has 0 aliphatic carbocycles. The van der Waals surface area contributed by atoms with Gasteiger partial charge in [0.05, 0.1) is 23.9 Å². The number of methoxy groups -OCH3 is 1. The summed E-state index contributed by atoms with van der Waals surface area (Å²) in [4.78, 5) is 16.3. The summed E-state index contributed by atoms with van der Waals surface area (Å²) in [6, 6.07) is 12.8. The van der Waals surface area contributed by atoms with E-state index in [1.807, 2.05) is 37.3 Å². The summed E-state index contributed by atoms with van der Waals surface area (Å²) < 4.78 is 4.83. The summed E-state index contributed by atoms with van der Waals surface area (Å²) in [6.07, 6.45) is 1.72. The molecule has 5 heteroatoms. The smallest absolute Gasteiger partial charge is 0.339 e. The number of halogens is 1. The molecule has 0 spiro atoms. The molecule has 0 aliphatic heterocycles. The van der Waals surface area contributed by atoms with Crippen LogP contribution in [0.5, 0.6) is 0 Å². The Morgan fingerprint density at radius 2 is 1.91 bits per heavy atom. The second-order valence-corrected chi connectivity index (χ2v) is 5.50. The Bertz CT molecular complexity index is 893. The number of pyridine rings is 1. The van der Waals surface area contributed by atoms with Crippen LogP contribution in [0.3, 0.4) is 0 Å². The second-order valence-electron chi connectivity index (χ2n) is 5.09. The molecule has 0 saturated carbocycles. The lowest BCUT2D eigenvalue weighted by Gasteiger charge is -2.13. The number of esters is 1. The molecule has 0 bridgehead atoms. The maximum atomic E-state index is 11.9. The van der Waals surface area contributed by atoms with Gasteiger partial charge in [0.25, 0.3) is 0 Å². The van der Waals surface area contributed by atoms with E-state index >= 15 is 0 Å². The summed E-state index contributed by atoms with van der Waals surface area (Å²) in [5.41, 5.74) is 3.77. The van der Waals surface area contributed by atoms with Gasteiger partial charge < -0.3 is 10.1 Å². The summed E-state index contributed by atoms with van der Waals surface area (Å²) in [6.45, 7) is 1.93. The van der Waals surface area contributed by atoms with Crippen molar-refractivity contribution in [3.63, 3.8) is 0 Å². The van der Waals surface area contributed by atoms with Gasteiger partial charge in [-0.15, -0.1) is 0 Å². The maximum absolute atomic E-state index is 11.9. The minimum atomic E-state index is -0.384. The number of para-hydroxylation sites is 1. The van der Waals surface area contributed by atoms with Crippen molar-refractivity contribution in [2.24, 2.45) is 0 Å². The lowest BCUT2D eigenvalue weighted by atomic mass is 10.1. The Kier molecular flexibility index (Phi) is 4.17. The lowest BCUT2D eigenvalue weighted by Crippen LogP contribution is -2.05. The fourth-order valence-electron chi connectivity index (χ4n) is 2.47. The number of benzene rings is 2. The molecule has 4 nitrogen and oxygen atoms in total. The van der Waals surface area contributed by atoms with Crippen molar-refractivity contribution in [1.82, 2.24) is 4.98 Å². The van der Waals surface area contributed by atoms with Crippen molar-refractivity contribution >= 4 is 39.8 Å². The monoisotopic (exact) mass is 326 g/mol. The van der Waals surface area contributed by atoms with Crippen LogP contribution in [0.15, 0.2) is 48.7 Å². The third-order valence-electron chi connectivity index (χ3n) is 3.70. The molecule has 0 saturated heterocycles. The summed E-state index contributed by atoms with van der Waals surface area (Å²) in [5, 5.41) is 4.91. The molecular formula is C18H15ClN2O2. The van der Waals surface area contributed by atoms with Crippen LogP contribution in [-0.4, -0.2) is 18.1 Å². The van der Waals surface area contributed by atoms with Crippen LogP contribution < -0.4 is 5.32 Å². The van der Waals surface area contributed by atoms with Gasteiger partial charge in [-0.2, -0.15) is 0 Å². The molecular weight excluding hydrogens is 312 g/mol. The van der Waals surface area contributed by atoms with Gasteiger partial charge in [-0.25, -0.2) is 4.79 Å². The van der Waals surface area contributed by atoms with Crippen LogP contribution in [0.25, 0.3) is 10.9 Å². The van der Waals surface area contributed by atoms with Crippen molar-refractivity contribution in [2.45, 2.75) is 6.92 Å². The molecule has 0 fully saturated rings. The van der Waals surface area contributed by atoms with E-state index in [1.165, 1.54) is 7.11 Å². The third-order valence-corrected chi connectivity index (χ3v) is 4.11. The molecule has 0 amide bonds. The Hall–Kier alpha value is -2.59. The second kappa shape index (κ2) is 6.26. The highest BCUT2D eigenvalue weighted by Gasteiger charge is 2.13. The Balaban J connectivity index is 2.10. The molecule has 3 aromatic rings. The van der Waals surface area contributed by atoms with E-state index in [1.54, 1.807) is 18.3 Å². The van der Waals surface area contributed by atoms with Crippen molar-refractivity contribution in [1.29, 1.82) is 0 Å². The summed E-state index contributed by atoms with van der Waals surface area (Å²) in [7, 11) is 1.37. The van der Waals surface area contributed by atoms with Crippen molar-refractivity contribution in [3.05, 3.63) is 64.8 Å².